The van der Waals surface area contributed by atoms with Crippen molar-refractivity contribution in [2.24, 2.45) is 0 Å². The first-order valence-corrected chi connectivity index (χ1v) is 10.9. The van der Waals surface area contributed by atoms with Gasteiger partial charge in [0, 0.05) is 30.2 Å². The highest BCUT2D eigenvalue weighted by atomic mass is 35.5. The highest BCUT2D eigenvalue weighted by Gasteiger charge is 2.23. The summed E-state index contributed by atoms with van der Waals surface area (Å²) >= 11 is 5.83. The average molecular weight is 408 g/mol. The first-order valence-electron chi connectivity index (χ1n) is 9.05. The van der Waals surface area contributed by atoms with E-state index < -0.39 is 10.0 Å². The molecule has 1 saturated carbocycles. The molecule has 0 aromatic heterocycles. The van der Waals surface area contributed by atoms with Crippen LogP contribution in [0.25, 0.3) is 0 Å². The van der Waals surface area contributed by atoms with Gasteiger partial charge in [0.1, 0.15) is 12.4 Å². The van der Waals surface area contributed by atoms with E-state index in [1.54, 1.807) is 24.3 Å². The van der Waals surface area contributed by atoms with E-state index in [0.717, 1.165) is 25.3 Å². The van der Waals surface area contributed by atoms with E-state index >= 15 is 0 Å². The van der Waals surface area contributed by atoms with Crippen LogP contribution in [-0.4, -0.2) is 40.7 Å². The van der Waals surface area contributed by atoms with Gasteiger partial charge in [0.25, 0.3) is 10.0 Å². The van der Waals surface area contributed by atoms with Crippen LogP contribution in [0.1, 0.15) is 12.8 Å². The Hall–Kier alpha value is -1.96. The van der Waals surface area contributed by atoms with Gasteiger partial charge in [0.2, 0.25) is 0 Å². The lowest BCUT2D eigenvalue weighted by atomic mass is 10.2. The topological polar surface area (TPSA) is 70.7 Å². The van der Waals surface area contributed by atoms with Gasteiger partial charge in [-0.1, -0.05) is 11.6 Å². The number of rotatable bonds is 7. The van der Waals surface area contributed by atoms with Crippen LogP contribution in [0.15, 0.2) is 47.4 Å². The van der Waals surface area contributed by atoms with Gasteiger partial charge in [-0.15, -0.1) is 0 Å². The van der Waals surface area contributed by atoms with Crippen molar-refractivity contribution in [1.29, 1.82) is 0 Å². The van der Waals surface area contributed by atoms with Gasteiger partial charge in [-0.2, -0.15) is 0 Å². The van der Waals surface area contributed by atoms with Crippen molar-refractivity contribution in [3.63, 3.8) is 0 Å². The Balaban J connectivity index is 1.47. The lowest BCUT2D eigenvalue weighted by Gasteiger charge is -2.31. The van der Waals surface area contributed by atoms with Crippen molar-refractivity contribution in [3.8, 4) is 5.75 Å². The maximum Gasteiger partial charge on any atom is 0.261 e. The molecule has 0 radical (unpaired) electrons. The number of ether oxygens (including phenoxy) is 1. The molecule has 1 heterocycles. The van der Waals surface area contributed by atoms with Crippen LogP contribution < -0.4 is 19.7 Å². The summed E-state index contributed by atoms with van der Waals surface area (Å²) in [5, 5.41) is 4.01. The zero-order valence-electron chi connectivity index (χ0n) is 14.8. The molecule has 4 rings (SSSR count). The Kier molecular flexibility index (Phi) is 5.16. The SMILES string of the molecule is O=S(=O)(Nc1ccc2c(c1)OCCN2CCNC1CC1)c1ccc(Cl)cc1. The summed E-state index contributed by atoms with van der Waals surface area (Å²) < 4.78 is 33.4. The molecule has 0 amide bonds. The van der Waals surface area contributed by atoms with Crippen LogP contribution in [0.2, 0.25) is 5.02 Å². The molecule has 0 atom stereocenters. The number of fused-ring (bicyclic) bond motifs is 1. The van der Waals surface area contributed by atoms with Gasteiger partial charge in [-0.3, -0.25) is 4.72 Å². The van der Waals surface area contributed by atoms with Gasteiger partial charge in [-0.05, 0) is 49.2 Å². The first-order chi connectivity index (χ1) is 13.0. The number of halogens is 1. The van der Waals surface area contributed by atoms with Crippen molar-refractivity contribution < 1.29 is 13.2 Å². The molecule has 0 unspecified atom stereocenters. The minimum atomic E-state index is -3.67. The van der Waals surface area contributed by atoms with E-state index in [-0.39, 0.29) is 4.90 Å². The highest BCUT2D eigenvalue weighted by Crippen LogP contribution is 2.34. The summed E-state index contributed by atoms with van der Waals surface area (Å²) in [5.41, 5.74) is 1.47. The van der Waals surface area contributed by atoms with E-state index in [9.17, 15) is 8.42 Å². The van der Waals surface area contributed by atoms with E-state index in [2.05, 4.69) is 14.9 Å². The van der Waals surface area contributed by atoms with Gasteiger partial charge >= 0.3 is 0 Å². The Morgan fingerprint density at radius 1 is 1.15 bits per heavy atom. The zero-order chi connectivity index (χ0) is 18.9. The molecule has 6 nitrogen and oxygen atoms in total. The maximum absolute atomic E-state index is 12.5. The number of nitrogens with zero attached hydrogens (tertiary/aromatic N) is 1. The van der Waals surface area contributed by atoms with Crippen molar-refractivity contribution in [2.75, 3.05) is 35.9 Å². The van der Waals surface area contributed by atoms with E-state index in [1.165, 1.54) is 25.0 Å². The van der Waals surface area contributed by atoms with Crippen molar-refractivity contribution in [2.45, 2.75) is 23.8 Å². The molecule has 2 N–H and O–H groups in total. The monoisotopic (exact) mass is 407 g/mol. The molecule has 0 saturated heterocycles. The fourth-order valence-corrected chi connectivity index (χ4v) is 4.27. The smallest absolute Gasteiger partial charge is 0.261 e. The highest BCUT2D eigenvalue weighted by molar-refractivity contribution is 7.92. The van der Waals surface area contributed by atoms with Gasteiger partial charge in [-0.25, -0.2) is 8.42 Å². The molecule has 27 heavy (non-hydrogen) atoms. The number of nitrogens with one attached hydrogen (secondary N) is 2. The number of anilines is 2. The zero-order valence-corrected chi connectivity index (χ0v) is 16.4. The molecule has 0 bridgehead atoms. The normalized spacial score (nSPS) is 16.6. The van der Waals surface area contributed by atoms with Gasteiger partial charge in [0.05, 0.1) is 22.8 Å². The molecular weight excluding hydrogens is 386 g/mol. The summed E-state index contributed by atoms with van der Waals surface area (Å²) in [6, 6.07) is 12.2. The Morgan fingerprint density at radius 3 is 2.67 bits per heavy atom. The molecule has 1 aliphatic carbocycles. The average Bonchev–Trinajstić information content (AvgIpc) is 3.46. The summed E-state index contributed by atoms with van der Waals surface area (Å²) in [7, 11) is -3.67. The second kappa shape index (κ2) is 7.58. The van der Waals surface area contributed by atoms with Crippen molar-refractivity contribution in [3.05, 3.63) is 47.5 Å². The maximum atomic E-state index is 12.5. The predicted molar refractivity (Wildman–Crippen MR) is 107 cm³/mol. The fourth-order valence-electron chi connectivity index (χ4n) is 3.09. The predicted octanol–water partition coefficient (Wildman–Crippen LogP) is 3.09. The summed E-state index contributed by atoms with van der Waals surface area (Å²) in [6.45, 7) is 3.26. The molecule has 2 aliphatic rings. The van der Waals surface area contributed by atoms with Crippen LogP contribution in [0.3, 0.4) is 0 Å². The molecule has 1 aliphatic heterocycles. The van der Waals surface area contributed by atoms with Gasteiger partial charge in [0.15, 0.2) is 0 Å². The molecule has 1 fully saturated rings. The Morgan fingerprint density at radius 2 is 1.93 bits per heavy atom. The van der Waals surface area contributed by atoms with Crippen LogP contribution in [-0.2, 0) is 10.0 Å². The summed E-state index contributed by atoms with van der Waals surface area (Å²) in [6.07, 6.45) is 2.55. The lowest BCUT2D eigenvalue weighted by molar-refractivity contribution is 0.307. The summed E-state index contributed by atoms with van der Waals surface area (Å²) in [5.74, 6) is 0.698. The molecule has 2 aromatic rings. The number of hydrogen-bond acceptors (Lipinski definition) is 5. The summed E-state index contributed by atoms with van der Waals surface area (Å²) in [4.78, 5) is 2.43. The van der Waals surface area contributed by atoms with Crippen LogP contribution >= 0.6 is 11.6 Å². The standard InChI is InChI=1S/C19H22ClN3O3S/c20-14-1-6-17(7-2-14)27(24,25)22-16-5-8-18-19(13-16)26-12-11-23(18)10-9-21-15-3-4-15/h1-2,5-8,13,15,21-22H,3-4,9-12H2. The molecule has 2 aromatic carbocycles. The molecule has 144 valence electrons. The van der Waals surface area contributed by atoms with Crippen LogP contribution in [0.5, 0.6) is 5.75 Å². The molecule has 8 heteroatoms. The van der Waals surface area contributed by atoms with Gasteiger partial charge < -0.3 is 15.0 Å². The third-order valence-electron chi connectivity index (χ3n) is 4.69. The van der Waals surface area contributed by atoms with Crippen molar-refractivity contribution >= 4 is 33.0 Å². The number of hydrogen-bond donors (Lipinski definition) is 2. The third-order valence-corrected chi connectivity index (χ3v) is 6.34. The fraction of sp³-hybridized carbons (Fsp3) is 0.368. The molecular formula is C19H22ClN3O3S. The van der Waals surface area contributed by atoms with Crippen LogP contribution in [0.4, 0.5) is 11.4 Å². The molecule has 0 spiro atoms. The third kappa shape index (κ3) is 4.48. The Labute approximate surface area is 164 Å². The minimum Gasteiger partial charge on any atom is -0.489 e. The van der Waals surface area contributed by atoms with E-state index in [4.69, 9.17) is 16.3 Å². The van der Waals surface area contributed by atoms with Crippen molar-refractivity contribution in [1.82, 2.24) is 5.32 Å². The number of sulfonamides is 1. The van der Waals surface area contributed by atoms with Crippen LogP contribution in [0, 0.1) is 0 Å². The van der Waals surface area contributed by atoms with E-state index in [0.29, 0.717) is 29.1 Å². The quantitative estimate of drug-likeness (QED) is 0.738. The second-order valence-corrected chi connectivity index (χ2v) is 8.92. The first kappa shape index (κ1) is 18.4. The van der Waals surface area contributed by atoms with E-state index in [1.807, 2.05) is 6.07 Å². The minimum absolute atomic E-state index is 0.165. The lowest BCUT2D eigenvalue weighted by Crippen LogP contribution is -2.38. The largest absolute Gasteiger partial charge is 0.489 e. The second-order valence-electron chi connectivity index (χ2n) is 6.81. The number of benzene rings is 2. The Bertz CT molecular complexity index is 914.